The van der Waals surface area contributed by atoms with Crippen LogP contribution < -0.4 is 4.74 Å². The standard InChI is InChI=1S/C19H21F3N2O4S/c1-13(29(2,25)26)18-7-8-27-11-14(18)12-28-17-5-3-16(4-6-17)24-10-15(9-23-24)19(20,21)22/h3-6,9-10,14,18H,1,7-8,11-12H2,2H3. The minimum absolute atomic E-state index is 0.161. The Morgan fingerprint density at radius 1 is 1.34 bits per heavy atom. The van der Waals surface area contributed by atoms with Gasteiger partial charge in [0.1, 0.15) is 5.75 Å². The zero-order chi connectivity index (χ0) is 21.2. The predicted molar refractivity (Wildman–Crippen MR) is 100 cm³/mol. The second-order valence-electron chi connectivity index (χ2n) is 6.94. The molecule has 1 fully saturated rings. The van der Waals surface area contributed by atoms with E-state index in [0.29, 0.717) is 31.1 Å². The number of halogens is 3. The van der Waals surface area contributed by atoms with Gasteiger partial charge in [-0.05, 0) is 30.7 Å². The summed E-state index contributed by atoms with van der Waals surface area (Å²) in [4.78, 5) is 0.184. The number of hydrogen-bond donors (Lipinski definition) is 0. The average Bonchev–Trinajstić information content (AvgIpc) is 3.16. The van der Waals surface area contributed by atoms with Crippen molar-refractivity contribution in [3.63, 3.8) is 0 Å². The molecule has 2 aromatic rings. The minimum atomic E-state index is -4.45. The van der Waals surface area contributed by atoms with Gasteiger partial charge in [-0.15, -0.1) is 0 Å². The van der Waals surface area contributed by atoms with E-state index in [-0.39, 0.29) is 23.3 Å². The first kappa shape index (κ1) is 21.4. The van der Waals surface area contributed by atoms with Crippen molar-refractivity contribution in [1.82, 2.24) is 9.78 Å². The molecule has 1 saturated heterocycles. The van der Waals surface area contributed by atoms with E-state index in [1.54, 1.807) is 24.3 Å². The first-order valence-electron chi connectivity index (χ1n) is 8.87. The highest BCUT2D eigenvalue weighted by molar-refractivity contribution is 7.94. The number of nitrogens with zero attached hydrogens (tertiary/aromatic N) is 2. The fourth-order valence-electron chi connectivity index (χ4n) is 3.17. The molecular weight excluding hydrogens is 409 g/mol. The predicted octanol–water partition coefficient (Wildman–Crippen LogP) is 3.48. The highest BCUT2D eigenvalue weighted by atomic mass is 32.2. The van der Waals surface area contributed by atoms with Crippen molar-refractivity contribution in [3.05, 3.63) is 53.7 Å². The molecule has 29 heavy (non-hydrogen) atoms. The quantitative estimate of drug-likeness (QED) is 0.702. The molecule has 0 radical (unpaired) electrons. The lowest BCUT2D eigenvalue weighted by molar-refractivity contribution is -0.137. The van der Waals surface area contributed by atoms with Crippen LogP contribution in [0.5, 0.6) is 5.75 Å². The van der Waals surface area contributed by atoms with Gasteiger partial charge in [-0.3, -0.25) is 0 Å². The third kappa shape index (κ3) is 5.18. The van der Waals surface area contributed by atoms with Gasteiger partial charge in [0.2, 0.25) is 0 Å². The molecular formula is C19H21F3N2O4S. The third-order valence-electron chi connectivity index (χ3n) is 4.84. The van der Waals surface area contributed by atoms with Gasteiger partial charge in [0.25, 0.3) is 0 Å². The fraction of sp³-hybridized carbons (Fsp3) is 0.421. The molecule has 158 valence electrons. The molecule has 0 aliphatic carbocycles. The van der Waals surface area contributed by atoms with E-state index in [2.05, 4.69) is 11.7 Å². The molecule has 0 amide bonds. The number of rotatable bonds is 6. The van der Waals surface area contributed by atoms with Crippen LogP contribution in [0, 0.1) is 11.8 Å². The lowest BCUT2D eigenvalue weighted by atomic mass is 9.89. The second kappa shape index (κ2) is 8.19. The van der Waals surface area contributed by atoms with Crippen LogP contribution in [0.25, 0.3) is 5.69 Å². The number of hydrogen-bond acceptors (Lipinski definition) is 5. The van der Waals surface area contributed by atoms with Crippen molar-refractivity contribution in [1.29, 1.82) is 0 Å². The zero-order valence-corrected chi connectivity index (χ0v) is 16.5. The highest BCUT2D eigenvalue weighted by Crippen LogP contribution is 2.32. The van der Waals surface area contributed by atoms with Gasteiger partial charge < -0.3 is 9.47 Å². The summed E-state index contributed by atoms with van der Waals surface area (Å²) in [6.45, 7) is 4.80. The molecule has 2 unspecified atom stereocenters. The number of aromatic nitrogens is 2. The number of allylic oxidation sites excluding steroid dienone is 1. The Bertz CT molecular complexity index is 968. The van der Waals surface area contributed by atoms with Crippen molar-refractivity contribution < 1.29 is 31.1 Å². The number of alkyl halides is 3. The molecule has 10 heteroatoms. The highest BCUT2D eigenvalue weighted by Gasteiger charge is 2.33. The summed E-state index contributed by atoms with van der Waals surface area (Å²) < 4.78 is 74.1. The maximum absolute atomic E-state index is 12.7. The van der Waals surface area contributed by atoms with Gasteiger partial charge >= 0.3 is 6.18 Å². The number of sulfone groups is 1. The van der Waals surface area contributed by atoms with Crippen molar-refractivity contribution in [2.45, 2.75) is 12.6 Å². The van der Waals surface area contributed by atoms with Gasteiger partial charge in [0, 0.05) is 35.8 Å². The van der Waals surface area contributed by atoms with Crippen LogP contribution in [-0.2, 0) is 20.8 Å². The Labute approximate surface area is 166 Å². The van der Waals surface area contributed by atoms with Gasteiger partial charge in [-0.1, -0.05) is 6.58 Å². The van der Waals surface area contributed by atoms with Crippen molar-refractivity contribution >= 4 is 9.84 Å². The zero-order valence-electron chi connectivity index (χ0n) is 15.7. The SMILES string of the molecule is C=C(C1CCOCC1COc1ccc(-n2cc(C(F)(F)F)cn2)cc1)S(C)(=O)=O. The molecule has 0 spiro atoms. The molecule has 1 aliphatic heterocycles. The van der Waals surface area contributed by atoms with E-state index < -0.39 is 21.6 Å². The van der Waals surface area contributed by atoms with Crippen molar-refractivity contribution in [3.8, 4) is 11.4 Å². The molecule has 1 aliphatic rings. The summed E-state index contributed by atoms with van der Waals surface area (Å²) in [5, 5.41) is 3.73. The van der Waals surface area contributed by atoms with Gasteiger partial charge in [0.05, 0.1) is 30.7 Å². The van der Waals surface area contributed by atoms with E-state index in [0.717, 1.165) is 23.3 Å². The van der Waals surface area contributed by atoms with Crippen LogP contribution in [-0.4, -0.2) is 44.3 Å². The summed E-state index contributed by atoms with van der Waals surface area (Å²) in [5.41, 5.74) is -0.371. The summed E-state index contributed by atoms with van der Waals surface area (Å²) in [7, 11) is -3.36. The lowest BCUT2D eigenvalue weighted by Crippen LogP contribution is -2.34. The molecule has 2 atom stereocenters. The van der Waals surface area contributed by atoms with Crippen LogP contribution in [0.4, 0.5) is 13.2 Å². The normalized spacial score (nSPS) is 20.4. The Kier molecular flexibility index (Phi) is 6.04. The van der Waals surface area contributed by atoms with Crippen LogP contribution in [0.15, 0.2) is 48.1 Å². The molecule has 3 rings (SSSR count). The van der Waals surface area contributed by atoms with Gasteiger partial charge in [0.15, 0.2) is 9.84 Å². The van der Waals surface area contributed by atoms with E-state index in [4.69, 9.17) is 9.47 Å². The average molecular weight is 430 g/mol. The van der Waals surface area contributed by atoms with Gasteiger partial charge in [-0.25, -0.2) is 13.1 Å². The van der Waals surface area contributed by atoms with E-state index in [1.165, 1.54) is 0 Å². The molecule has 0 saturated carbocycles. The van der Waals surface area contributed by atoms with Crippen LogP contribution >= 0.6 is 0 Å². The summed E-state index contributed by atoms with van der Waals surface area (Å²) >= 11 is 0. The largest absolute Gasteiger partial charge is 0.493 e. The molecule has 1 aromatic carbocycles. The molecule has 6 nitrogen and oxygen atoms in total. The molecule has 0 bridgehead atoms. The molecule has 1 aromatic heterocycles. The van der Waals surface area contributed by atoms with E-state index in [9.17, 15) is 21.6 Å². The van der Waals surface area contributed by atoms with Gasteiger partial charge in [-0.2, -0.15) is 18.3 Å². The monoisotopic (exact) mass is 430 g/mol. The summed E-state index contributed by atoms with van der Waals surface area (Å²) in [6, 6.07) is 6.42. The maximum atomic E-state index is 12.7. The Morgan fingerprint density at radius 3 is 2.62 bits per heavy atom. The van der Waals surface area contributed by atoms with E-state index in [1.807, 2.05) is 0 Å². The number of benzene rings is 1. The number of ether oxygens (including phenoxy) is 2. The van der Waals surface area contributed by atoms with Crippen molar-refractivity contribution in [2.24, 2.45) is 11.8 Å². The Hall–Kier alpha value is -2.33. The van der Waals surface area contributed by atoms with Crippen LogP contribution in [0.3, 0.4) is 0 Å². The lowest BCUT2D eigenvalue weighted by Gasteiger charge is -2.32. The molecule has 2 heterocycles. The summed E-state index contributed by atoms with van der Waals surface area (Å²) in [5.74, 6) is 0.0974. The summed E-state index contributed by atoms with van der Waals surface area (Å²) in [6.07, 6.45) is -1.07. The van der Waals surface area contributed by atoms with Crippen LogP contribution in [0.2, 0.25) is 0 Å². The first-order valence-corrected chi connectivity index (χ1v) is 10.8. The van der Waals surface area contributed by atoms with Crippen molar-refractivity contribution in [2.75, 3.05) is 26.1 Å². The smallest absolute Gasteiger partial charge is 0.419 e. The Balaban J connectivity index is 1.65. The fourth-order valence-corrected chi connectivity index (χ4v) is 4.03. The molecule has 0 N–H and O–H groups in total. The van der Waals surface area contributed by atoms with Crippen LogP contribution in [0.1, 0.15) is 12.0 Å². The Morgan fingerprint density at radius 2 is 2.03 bits per heavy atom. The minimum Gasteiger partial charge on any atom is -0.493 e. The second-order valence-corrected chi connectivity index (χ2v) is 9.01. The third-order valence-corrected chi connectivity index (χ3v) is 6.09. The maximum Gasteiger partial charge on any atom is 0.419 e. The van der Waals surface area contributed by atoms with E-state index >= 15 is 0 Å². The first-order chi connectivity index (χ1) is 13.6. The topological polar surface area (TPSA) is 70.4 Å².